The number of methoxy groups -OCH3 is 3. The molecular weight excluding hydrogens is 462 g/mol. The number of rotatable bonds is 8. The van der Waals surface area contributed by atoms with Gasteiger partial charge in [0.25, 0.3) is 0 Å². The van der Waals surface area contributed by atoms with Crippen LogP contribution in [0.25, 0.3) is 0 Å². The minimum absolute atomic E-state index is 0.132. The van der Waals surface area contributed by atoms with E-state index in [0.717, 1.165) is 22.4 Å². The van der Waals surface area contributed by atoms with Gasteiger partial charge in [0.1, 0.15) is 0 Å². The van der Waals surface area contributed by atoms with Crippen molar-refractivity contribution in [2.45, 2.75) is 18.5 Å². The molecule has 0 bridgehead atoms. The van der Waals surface area contributed by atoms with Crippen LogP contribution in [-0.2, 0) is 6.54 Å². The van der Waals surface area contributed by atoms with Crippen molar-refractivity contribution >= 4 is 5.69 Å². The number of benzene rings is 3. The van der Waals surface area contributed by atoms with Crippen LogP contribution in [0, 0.1) is 5.92 Å². The van der Waals surface area contributed by atoms with E-state index in [1.165, 1.54) is 0 Å². The molecule has 0 spiro atoms. The van der Waals surface area contributed by atoms with Crippen LogP contribution in [0.4, 0.5) is 5.69 Å². The summed E-state index contributed by atoms with van der Waals surface area (Å²) in [6.45, 7) is 0.453. The first-order valence-corrected chi connectivity index (χ1v) is 11.9. The Kier molecular flexibility index (Phi) is 6.80. The predicted molar refractivity (Wildman–Crippen MR) is 135 cm³/mol. The van der Waals surface area contributed by atoms with Gasteiger partial charge in [-0.15, -0.1) is 0 Å². The average molecular weight is 494 g/mol. The van der Waals surface area contributed by atoms with Crippen LogP contribution in [0.2, 0.25) is 0 Å². The molecule has 0 saturated heterocycles. The molecule has 190 valence electrons. The smallest absolute Gasteiger partial charge is 0.231 e. The molecule has 0 unspecified atom stereocenters. The molecular formula is C28H31NO7. The largest absolute Gasteiger partial charge is 0.493 e. The molecule has 2 N–H and O–H groups in total. The van der Waals surface area contributed by atoms with Gasteiger partial charge in [0.15, 0.2) is 23.0 Å². The van der Waals surface area contributed by atoms with E-state index in [-0.39, 0.29) is 37.9 Å². The zero-order valence-corrected chi connectivity index (χ0v) is 20.6. The minimum atomic E-state index is -0.354. The Morgan fingerprint density at radius 3 is 2.11 bits per heavy atom. The fourth-order valence-corrected chi connectivity index (χ4v) is 5.46. The van der Waals surface area contributed by atoms with Gasteiger partial charge in [-0.25, -0.2) is 0 Å². The molecule has 2 aliphatic rings. The zero-order valence-electron chi connectivity index (χ0n) is 20.6. The maximum Gasteiger partial charge on any atom is 0.231 e. The normalized spacial score (nSPS) is 20.1. The SMILES string of the molecule is COc1cc([C@@H]2c3cc4c(cc3N(Cc3ccccc3)[C@@H](CO)[C@@H]2CO)OCO4)cc(OC)c1OC. The summed E-state index contributed by atoms with van der Waals surface area (Å²) in [5.41, 5.74) is 3.86. The fraction of sp³-hybridized carbons (Fsp3) is 0.357. The van der Waals surface area contributed by atoms with Crippen molar-refractivity contribution in [2.24, 2.45) is 5.92 Å². The van der Waals surface area contributed by atoms with E-state index in [0.29, 0.717) is 35.3 Å². The first-order valence-electron chi connectivity index (χ1n) is 11.9. The third-order valence-corrected chi connectivity index (χ3v) is 7.13. The van der Waals surface area contributed by atoms with Gasteiger partial charge in [0.2, 0.25) is 12.5 Å². The van der Waals surface area contributed by atoms with Crippen molar-refractivity contribution in [3.05, 3.63) is 71.3 Å². The minimum Gasteiger partial charge on any atom is -0.493 e. The van der Waals surface area contributed by atoms with Gasteiger partial charge < -0.3 is 38.8 Å². The van der Waals surface area contributed by atoms with Crippen LogP contribution in [0.5, 0.6) is 28.7 Å². The maximum atomic E-state index is 10.7. The van der Waals surface area contributed by atoms with Crippen LogP contribution < -0.4 is 28.6 Å². The van der Waals surface area contributed by atoms with Gasteiger partial charge in [-0.05, 0) is 34.9 Å². The van der Waals surface area contributed by atoms with Crippen molar-refractivity contribution in [1.29, 1.82) is 0 Å². The third-order valence-electron chi connectivity index (χ3n) is 7.13. The van der Waals surface area contributed by atoms with Crippen LogP contribution in [0.15, 0.2) is 54.6 Å². The van der Waals surface area contributed by atoms with Crippen molar-refractivity contribution in [2.75, 3.05) is 46.2 Å². The van der Waals surface area contributed by atoms with Crippen molar-refractivity contribution in [3.8, 4) is 28.7 Å². The lowest BCUT2D eigenvalue weighted by Gasteiger charge is -2.47. The van der Waals surface area contributed by atoms with Crippen molar-refractivity contribution in [3.63, 3.8) is 0 Å². The summed E-state index contributed by atoms with van der Waals surface area (Å²) in [6.07, 6.45) is 0. The Balaban J connectivity index is 1.71. The predicted octanol–water partition coefficient (Wildman–Crippen LogP) is 3.56. The van der Waals surface area contributed by atoms with Gasteiger partial charge in [-0.1, -0.05) is 30.3 Å². The topological polar surface area (TPSA) is 89.9 Å². The Morgan fingerprint density at radius 1 is 0.861 bits per heavy atom. The summed E-state index contributed by atoms with van der Waals surface area (Å²) in [6, 6.07) is 17.5. The van der Waals surface area contributed by atoms with Crippen molar-refractivity contribution in [1.82, 2.24) is 0 Å². The summed E-state index contributed by atoms with van der Waals surface area (Å²) in [7, 11) is 4.72. The fourth-order valence-electron chi connectivity index (χ4n) is 5.46. The number of ether oxygens (including phenoxy) is 5. The lowest BCUT2D eigenvalue weighted by Crippen LogP contribution is -2.50. The van der Waals surface area contributed by atoms with E-state index in [1.807, 2.05) is 42.5 Å². The molecule has 2 heterocycles. The number of hydrogen-bond acceptors (Lipinski definition) is 8. The molecule has 0 amide bonds. The molecule has 0 fully saturated rings. The molecule has 0 aromatic heterocycles. The second-order valence-electron chi connectivity index (χ2n) is 8.91. The molecule has 5 rings (SSSR count). The third kappa shape index (κ3) is 4.06. The van der Waals surface area contributed by atoms with Gasteiger partial charge in [-0.2, -0.15) is 0 Å². The first-order chi connectivity index (χ1) is 17.6. The van der Waals surface area contributed by atoms with E-state index in [4.69, 9.17) is 23.7 Å². The average Bonchev–Trinajstić information content (AvgIpc) is 3.38. The first kappa shape index (κ1) is 24.1. The van der Waals surface area contributed by atoms with Crippen molar-refractivity contribution < 1.29 is 33.9 Å². The van der Waals surface area contributed by atoms with Crippen LogP contribution >= 0.6 is 0 Å². The van der Waals surface area contributed by atoms with E-state index in [2.05, 4.69) is 17.0 Å². The molecule has 0 saturated carbocycles. The maximum absolute atomic E-state index is 10.7. The Morgan fingerprint density at radius 2 is 1.53 bits per heavy atom. The number of aliphatic hydroxyl groups excluding tert-OH is 2. The summed E-state index contributed by atoms with van der Waals surface area (Å²) in [4.78, 5) is 2.15. The second-order valence-corrected chi connectivity index (χ2v) is 8.91. The standard InChI is InChI=1S/C28H31NO7/c1-32-25-9-18(10-26(33-2)28(25)34-3)27-19-11-23-24(36-16-35-23)12-21(19)29(22(15-31)20(27)14-30)13-17-7-5-4-6-8-17/h4-12,20,22,27,30-31H,13-16H2,1-3H3/t20-,22-,27+/m0/s1. The van der Waals surface area contributed by atoms with Gasteiger partial charge in [0.05, 0.1) is 34.0 Å². The number of fused-ring (bicyclic) bond motifs is 2. The van der Waals surface area contributed by atoms with Gasteiger partial charge in [-0.3, -0.25) is 0 Å². The van der Waals surface area contributed by atoms with E-state index in [1.54, 1.807) is 21.3 Å². The Bertz CT molecular complexity index is 1190. The number of hydrogen-bond donors (Lipinski definition) is 2. The molecule has 8 heteroatoms. The summed E-state index contributed by atoms with van der Waals surface area (Å²) in [5.74, 6) is 2.26. The second kappa shape index (κ2) is 10.2. The highest BCUT2D eigenvalue weighted by atomic mass is 16.7. The van der Waals surface area contributed by atoms with Crippen LogP contribution in [0.3, 0.4) is 0 Å². The molecule has 0 aliphatic carbocycles. The molecule has 2 aliphatic heterocycles. The molecule has 8 nitrogen and oxygen atoms in total. The highest BCUT2D eigenvalue weighted by Gasteiger charge is 2.43. The summed E-state index contributed by atoms with van der Waals surface area (Å²) in [5, 5.41) is 21.3. The van der Waals surface area contributed by atoms with Crippen LogP contribution in [-0.4, -0.2) is 57.6 Å². The van der Waals surface area contributed by atoms with E-state index in [9.17, 15) is 10.2 Å². The molecule has 3 aromatic rings. The quantitative estimate of drug-likeness (QED) is 0.493. The molecule has 36 heavy (non-hydrogen) atoms. The van der Waals surface area contributed by atoms with E-state index < -0.39 is 0 Å². The lowest BCUT2D eigenvalue weighted by molar-refractivity contribution is 0.137. The Hall–Kier alpha value is -3.62. The highest BCUT2D eigenvalue weighted by molar-refractivity contribution is 5.69. The zero-order chi connectivity index (χ0) is 25.2. The van der Waals surface area contributed by atoms with E-state index >= 15 is 0 Å². The monoisotopic (exact) mass is 493 g/mol. The molecule has 3 atom stereocenters. The number of anilines is 1. The summed E-state index contributed by atoms with van der Waals surface area (Å²) < 4.78 is 28.2. The van der Waals surface area contributed by atoms with Gasteiger partial charge >= 0.3 is 0 Å². The molecule has 3 aromatic carbocycles. The summed E-state index contributed by atoms with van der Waals surface area (Å²) >= 11 is 0. The highest BCUT2D eigenvalue weighted by Crippen LogP contribution is 2.52. The lowest BCUT2D eigenvalue weighted by atomic mass is 9.72. The Labute approximate surface area is 210 Å². The number of aliphatic hydroxyl groups is 2. The molecule has 0 radical (unpaired) electrons. The van der Waals surface area contributed by atoms with Crippen LogP contribution in [0.1, 0.15) is 22.6 Å². The van der Waals surface area contributed by atoms with Gasteiger partial charge in [0, 0.05) is 36.7 Å². The number of nitrogens with zero attached hydrogens (tertiary/aromatic N) is 1.